The van der Waals surface area contributed by atoms with Gasteiger partial charge in [-0.25, -0.2) is 0 Å². The van der Waals surface area contributed by atoms with Gasteiger partial charge in [0.25, 0.3) is 0 Å². The Labute approximate surface area is 170 Å². The summed E-state index contributed by atoms with van der Waals surface area (Å²) in [5, 5.41) is 0. The molecule has 0 saturated carbocycles. The predicted octanol–water partition coefficient (Wildman–Crippen LogP) is 3.83. The number of hydrogen-bond donors (Lipinski definition) is 1. The van der Waals surface area contributed by atoms with Crippen LogP contribution in [0.25, 0.3) is 16.6 Å². The maximum absolute atomic E-state index is 12.7. The Morgan fingerprint density at radius 3 is 2.83 bits per heavy atom. The number of nitrogens with one attached hydrogen (secondary N) is 1. The minimum Gasteiger partial charge on any atom is -0.493 e. The molecule has 0 bridgehead atoms. The fourth-order valence-corrected chi connectivity index (χ4v) is 3.79. The number of hydrogen-bond acceptors (Lipinski definition) is 4. The highest BCUT2D eigenvalue weighted by Gasteiger charge is 2.19. The van der Waals surface area contributed by atoms with Gasteiger partial charge in [-0.2, -0.15) is 0 Å². The normalized spacial score (nSPS) is 14.0. The molecule has 0 fully saturated rings. The highest BCUT2D eigenvalue weighted by Crippen LogP contribution is 2.29. The number of fused-ring (bicyclic) bond motifs is 1. The Balaban J connectivity index is 1.38. The Morgan fingerprint density at radius 1 is 1.21 bits per heavy atom. The van der Waals surface area contributed by atoms with Crippen molar-refractivity contribution in [2.75, 3.05) is 27.3 Å². The molecule has 1 aliphatic rings. The highest BCUT2D eigenvalue weighted by atomic mass is 16.5. The smallest absolute Gasteiger partial charge is 0.223 e. The van der Waals surface area contributed by atoms with E-state index in [2.05, 4.69) is 16.0 Å². The zero-order valence-electron chi connectivity index (χ0n) is 16.8. The number of ether oxygens (including phenoxy) is 2. The maximum Gasteiger partial charge on any atom is 0.223 e. The van der Waals surface area contributed by atoms with Gasteiger partial charge in [-0.3, -0.25) is 9.78 Å². The van der Waals surface area contributed by atoms with E-state index < -0.39 is 0 Å². The van der Waals surface area contributed by atoms with Gasteiger partial charge in [0.05, 0.1) is 25.3 Å². The third-order valence-corrected chi connectivity index (χ3v) is 5.42. The van der Waals surface area contributed by atoms with Crippen molar-refractivity contribution in [3.8, 4) is 11.5 Å². The topological polar surface area (TPSA) is 67.5 Å². The Morgan fingerprint density at radius 2 is 2.07 bits per heavy atom. The third kappa shape index (κ3) is 3.97. The number of rotatable bonds is 6. The van der Waals surface area contributed by atoms with Crippen LogP contribution in [0.5, 0.6) is 11.5 Å². The average molecular weight is 391 g/mol. The molecule has 6 heteroatoms. The second kappa shape index (κ2) is 8.39. The standard InChI is InChI=1S/C23H25N3O3/c1-28-20-7-5-16(14-21(20)29-2)6-8-22(27)26-12-9-17(10-13-26)18-15-25-19-4-3-11-24-23(18)19/h3-5,7,9,11,14-15,25H,6,8,10,12-13H2,1-2H3. The lowest BCUT2D eigenvalue weighted by atomic mass is 10.0. The molecule has 0 spiro atoms. The van der Waals surface area contributed by atoms with Crippen LogP contribution in [-0.4, -0.2) is 48.1 Å². The minimum absolute atomic E-state index is 0.173. The summed E-state index contributed by atoms with van der Waals surface area (Å²) in [6.45, 7) is 1.37. The van der Waals surface area contributed by atoms with Crippen molar-refractivity contribution in [1.29, 1.82) is 0 Å². The summed E-state index contributed by atoms with van der Waals surface area (Å²) >= 11 is 0. The molecule has 150 valence electrons. The largest absolute Gasteiger partial charge is 0.493 e. The molecule has 2 aromatic heterocycles. The van der Waals surface area contributed by atoms with Crippen molar-refractivity contribution in [2.45, 2.75) is 19.3 Å². The lowest BCUT2D eigenvalue weighted by Gasteiger charge is -2.26. The van der Waals surface area contributed by atoms with Crippen LogP contribution in [-0.2, 0) is 11.2 Å². The van der Waals surface area contributed by atoms with Gasteiger partial charge in [-0.1, -0.05) is 12.1 Å². The number of H-pyrrole nitrogens is 1. The van der Waals surface area contributed by atoms with E-state index >= 15 is 0 Å². The van der Waals surface area contributed by atoms with Gasteiger partial charge in [0.15, 0.2) is 11.5 Å². The molecule has 0 aliphatic carbocycles. The van der Waals surface area contributed by atoms with E-state index in [1.165, 1.54) is 5.57 Å². The zero-order chi connectivity index (χ0) is 20.2. The van der Waals surface area contributed by atoms with Crippen LogP contribution in [0.4, 0.5) is 0 Å². The number of aromatic nitrogens is 2. The molecule has 0 saturated heterocycles. The first kappa shape index (κ1) is 19.1. The number of nitrogens with zero attached hydrogens (tertiary/aromatic N) is 2. The second-order valence-electron chi connectivity index (χ2n) is 7.11. The molecular formula is C23H25N3O3. The summed E-state index contributed by atoms with van der Waals surface area (Å²) < 4.78 is 10.6. The van der Waals surface area contributed by atoms with Crippen LogP contribution in [0.1, 0.15) is 24.0 Å². The third-order valence-electron chi connectivity index (χ3n) is 5.42. The fourth-order valence-electron chi connectivity index (χ4n) is 3.79. The van der Waals surface area contributed by atoms with Gasteiger partial charge in [0.1, 0.15) is 0 Å². The van der Waals surface area contributed by atoms with Gasteiger partial charge in [-0.05, 0) is 48.2 Å². The number of benzene rings is 1. The van der Waals surface area contributed by atoms with E-state index in [-0.39, 0.29) is 5.91 Å². The van der Waals surface area contributed by atoms with Crippen molar-refractivity contribution in [3.63, 3.8) is 0 Å². The lowest BCUT2D eigenvalue weighted by Crippen LogP contribution is -2.34. The Hall–Kier alpha value is -3.28. The number of amides is 1. The molecule has 3 aromatic rings. The first-order chi connectivity index (χ1) is 14.2. The summed E-state index contributed by atoms with van der Waals surface area (Å²) in [7, 11) is 3.24. The van der Waals surface area contributed by atoms with E-state index in [0.717, 1.165) is 35.1 Å². The molecule has 3 heterocycles. The van der Waals surface area contributed by atoms with Gasteiger partial charge in [-0.15, -0.1) is 0 Å². The maximum atomic E-state index is 12.7. The lowest BCUT2D eigenvalue weighted by molar-refractivity contribution is -0.130. The number of carbonyl (C=O) groups excluding carboxylic acids is 1. The number of pyridine rings is 1. The minimum atomic E-state index is 0.173. The van der Waals surface area contributed by atoms with Crippen LogP contribution < -0.4 is 9.47 Å². The van der Waals surface area contributed by atoms with E-state index in [1.807, 2.05) is 47.6 Å². The summed E-state index contributed by atoms with van der Waals surface area (Å²) in [6, 6.07) is 9.75. The van der Waals surface area contributed by atoms with Crippen molar-refractivity contribution >= 4 is 22.5 Å². The van der Waals surface area contributed by atoms with Gasteiger partial charge in [0.2, 0.25) is 5.91 Å². The first-order valence-corrected chi connectivity index (χ1v) is 9.80. The highest BCUT2D eigenvalue weighted by molar-refractivity contribution is 5.90. The van der Waals surface area contributed by atoms with Crippen LogP contribution in [0, 0.1) is 0 Å². The number of aromatic amines is 1. The molecule has 0 atom stereocenters. The van der Waals surface area contributed by atoms with Gasteiger partial charge in [0, 0.05) is 37.5 Å². The van der Waals surface area contributed by atoms with Crippen molar-refractivity contribution in [1.82, 2.24) is 14.9 Å². The van der Waals surface area contributed by atoms with Crippen LogP contribution in [0.15, 0.2) is 48.8 Å². The first-order valence-electron chi connectivity index (χ1n) is 9.80. The number of carbonyl (C=O) groups is 1. The van der Waals surface area contributed by atoms with E-state index in [0.29, 0.717) is 30.9 Å². The average Bonchev–Trinajstić information content (AvgIpc) is 3.21. The zero-order valence-corrected chi connectivity index (χ0v) is 16.8. The molecule has 0 radical (unpaired) electrons. The molecule has 1 aliphatic heterocycles. The quantitative estimate of drug-likeness (QED) is 0.693. The molecular weight excluding hydrogens is 366 g/mol. The molecule has 4 rings (SSSR count). The summed E-state index contributed by atoms with van der Waals surface area (Å²) in [5.74, 6) is 1.56. The van der Waals surface area contributed by atoms with E-state index in [4.69, 9.17) is 9.47 Å². The van der Waals surface area contributed by atoms with Gasteiger partial charge < -0.3 is 19.4 Å². The molecule has 29 heavy (non-hydrogen) atoms. The van der Waals surface area contributed by atoms with E-state index in [9.17, 15) is 4.79 Å². The van der Waals surface area contributed by atoms with Gasteiger partial charge >= 0.3 is 0 Å². The van der Waals surface area contributed by atoms with Crippen LogP contribution in [0.3, 0.4) is 0 Å². The number of methoxy groups -OCH3 is 2. The SMILES string of the molecule is COc1ccc(CCC(=O)N2CC=C(c3c[nH]c4cccnc34)CC2)cc1OC. The Kier molecular flexibility index (Phi) is 5.51. The molecule has 1 N–H and O–H groups in total. The molecule has 1 amide bonds. The van der Waals surface area contributed by atoms with Crippen LogP contribution in [0.2, 0.25) is 0 Å². The van der Waals surface area contributed by atoms with Crippen molar-refractivity contribution in [3.05, 3.63) is 59.9 Å². The summed E-state index contributed by atoms with van der Waals surface area (Å²) in [4.78, 5) is 22.4. The fraction of sp³-hybridized carbons (Fsp3) is 0.304. The summed E-state index contributed by atoms with van der Waals surface area (Å²) in [5.41, 5.74) is 5.48. The predicted molar refractivity (Wildman–Crippen MR) is 113 cm³/mol. The second-order valence-corrected chi connectivity index (χ2v) is 7.11. The molecule has 6 nitrogen and oxygen atoms in total. The Bertz CT molecular complexity index is 1050. The van der Waals surface area contributed by atoms with Crippen molar-refractivity contribution < 1.29 is 14.3 Å². The number of aryl methyl sites for hydroxylation is 1. The molecule has 1 aromatic carbocycles. The molecule has 0 unspecified atom stereocenters. The van der Waals surface area contributed by atoms with Crippen LogP contribution >= 0.6 is 0 Å². The monoisotopic (exact) mass is 391 g/mol. The van der Waals surface area contributed by atoms with E-state index in [1.54, 1.807) is 14.2 Å². The van der Waals surface area contributed by atoms with Crippen molar-refractivity contribution in [2.24, 2.45) is 0 Å². The summed E-state index contributed by atoms with van der Waals surface area (Å²) in [6.07, 6.45) is 7.97.